The number of thioether (sulfide) groups is 2. The fraction of sp³-hybridized carbons (Fsp3) is 0.211. The van der Waals surface area contributed by atoms with E-state index in [-0.39, 0.29) is 24.0 Å². The lowest BCUT2D eigenvalue weighted by atomic mass is 10.3. The molecule has 0 aliphatic carbocycles. The van der Waals surface area contributed by atoms with E-state index in [2.05, 4.69) is 20.8 Å². The number of nitrogens with zero attached hydrogens (tertiary/aromatic N) is 2. The lowest BCUT2D eigenvalue weighted by molar-refractivity contribution is -0.113. The third-order valence-electron chi connectivity index (χ3n) is 3.95. The standard InChI is InChI=1S/C19H16Cl2N4O2S3/c20-11-1-5-13(6-2-11)22-16(26)10-29-19-25-24-18(30-19)28-9-15-17(27-15)23-14-7-3-12(21)4-8-14/h1-8,15,17,23H,9-10H2,(H,22,26). The van der Waals surface area contributed by atoms with Gasteiger partial charge in [0.05, 0.1) is 5.75 Å². The van der Waals surface area contributed by atoms with E-state index in [9.17, 15) is 4.79 Å². The molecule has 1 saturated heterocycles. The molecule has 4 rings (SSSR count). The highest BCUT2D eigenvalue weighted by Gasteiger charge is 2.39. The number of ether oxygens (including phenoxy) is 1. The Morgan fingerprint density at radius 2 is 1.57 bits per heavy atom. The predicted molar refractivity (Wildman–Crippen MR) is 125 cm³/mol. The van der Waals surface area contributed by atoms with Crippen LogP contribution >= 0.6 is 58.1 Å². The smallest absolute Gasteiger partial charge is 0.234 e. The van der Waals surface area contributed by atoms with Crippen molar-refractivity contribution in [3.05, 3.63) is 58.6 Å². The van der Waals surface area contributed by atoms with E-state index >= 15 is 0 Å². The molecule has 2 aromatic carbocycles. The Hall–Kier alpha value is -1.49. The van der Waals surface area contributed by atoms with E-state index in [0.29, 0.717) is 15.7 Å². The predicted octanol–water partition coefficient (Wildman–Crippen LogP) is 5.50. The quantitative estimate of drug-likeness (QED) is 0.297. The van der Waals surface area contributed by atoms with Gasteiger partial charge < -0.3 is 15.4 Å². The van der Waals surface area contributed by atoms with Crippen LogP contribution in [0.2, 0.25) is 10.0 Å². The third kappa shape index (κ3) is 6.50. The minimum absolute atomic E-state index is 0.00277. The Kier molecular flexibility index (Phi) is 7.40. The number of amides is 1. The van der Waals surface area contributed by atoms with Crippen molar-refractivity contribution in [1.29, 1.82) is 0 Å². The van der Waals surface area contributed by atoms with Gasteiger partial charge in [0, 0.05) is 27.2 Å². The van der Waals surface area contributed by atoms with Crippen LogP contribution in [-0.2, 0) is 9.53 Å². The molecule has 6 nitrogen and oxygen atoms in total. The van der Waals surface area contributed by atoms with Crippen molar-refractivity contribution in [2.75, 3.05) is 22.1 Å². The molecule has 1 aliphatic heterocycles. The van der Waals surface area contributed by atoms with Gasteiger partial charge in [-0.1, -0.05) is 58.1 Å². The highest BCUT2D eigenvalue weighted by Crippen LogP contribution is 2.34. The highest BCUT2D eigenvalue weighted by molar-refractivity contribution is 8.03. The van der Waals surface area contributed by atoms with Gasteiger partial charge in [-0.2, -0.15) is 0 Å². The second-order valence-corrected chi connectivity index (χ2v) is 10.6. The molecule has 2 N–H and O–H groups in total. The zero-order valence-corrected chi connectivity index (χ0v) is 19.3. The van der Waals surface area contributed by atoms with Crippen molar-refractivity contribution in [2.45, 2.75) is 21.0 Å². The highest BCUT2D eigenvalue weighted by atomic mass is 35.5. The molecule has 156 valence electrons. The monoisotopic (exact) mass is 498 g/mol. The fourth-order valence-electron chi connectivity index (χ4n) is 2.43. The zero-order chi connectivity index (χ0) is 20.9. The van der Waals surface area contributed by atoms with Crippen LogP contribution in [0.15, 0.2) is 57.2 Å². The summed E-state index contributed by atoms with van der Waals surface area (Å²) in [6.07, 6.45) is 0.118. The SMILES string of the molecule is O=C(CSc1nnc(SCC2OC2Nc2ccc(Cl)cc2)s1)Nc1ccc(Cl)cc1. The summed E-state index contributed by atoms with van der Waals surface area (Å²) >= 11 is 16.2. The Morgan fingerprint density at radius 3 is 2.23 bits per heavy atom. The molecule has 0 bridgehead atoms. The maximum Gasteiger partial charge on any atom is 0.234 e. The van der Waals surface area contributed by atoms with Crippen LogP contribution in [0, 0.1) is 0 Å². The van der Waals surface area contributed by atoms with Crippen molar-refractivity contribution in [2.24, 2.45) is 0 Å². The van der Waals surface area contributed by atoms with Gasteiger partial charge in [0.25, 0.3) is 0 Å². The van der Waals surface area contributed by atoms with Crippen LogP contribution in [0.3, 0.4) is 0 Å². The Balaban J connectivity index is 1.16. The average molecular weight is 499 g/mol. The van der Waals surface area contributed by atoms with E-state index < -0.39 is 0 Å². The largest absolute Gasteiger partial charge is 0.358 e. The van der Waals surface area contributed by atoms with Crippen LogP contribution in [0.5, 0.6) is 0 Å². The lowest BCUT2D eigenvalue weighted by Crippen LogP contribution is -2.13. The topological polar surface area (TPSA) is 79.4 Å². The number of rotatable bonds is 9. The molecule has 1 aromatic heterocycles. The van der Waals surface area contributed by atoms with Crippen LogP contribution in [0.1, 0.15) is 0 Å². The minimum atomic E-state index is -0.103. The number of hydrogen-bond donors (Lipinski definition) is 2. The van der Waals surface area contributed by atoms with Crippen molar-refractivity contribution < 1.29 is 9.53 Å². The van der Waals surface area contributed by atoms with Gasteiger partial charge >= 0.3 is 0 Å². The molecule has 0 spiro atoms. The zero-order valence-electron chi connectivity index (χ0n) is 15.4. The molecular formula is C19H16Cl2N4O2S3. The fourth-order valence-corrected chi connectivity index (χ4v) is 5.56. The summed E-state index contributed by atoms with van der Waals surface area (Å²) in [6.45, 7) is 0. The molecule has 11 heteroatoms. The van der Waals surface area contributed by atoms with E-state index in [1.807, 2.05) is 24.3 Å². The van der Waals surface area contributed by atoms with Gasteiger partial charge in [0.15, 0.2) is 14.9 Å². The molecule has 0 radical (unpaired) electrons. The van der Waals surface area contributed by atoms with Gasteiger partial charge in [0.1, 0.15) is 6.10 Å². The second-order valence-electron chi connectivity index (χ2n) is 6.23. The van der Waals surface area contributed by atoms with E-state index in [1.165, 1.54) is 23.1 Å². The maximum absolute atomic E-state index is 12.1. The summed E-state index contributed by atoms with van der Waals surface area (Å²) in [4.78, 5) is 12.1. The molecule has 2 unspecified atom stereocenters. The Labute approximate surface area is 196 Å². The Bertz CT molecular complexity index is 1000. The van der Waals surface area contributed by atoms with Gasteiger partial charge in [0.2, 0.25) is 5.91 Å². The second kappa shape index (κ2) is 10.2. The van der Waals surface area contributed by atoms with Crippen molar-refractivity contribution in [3.8, 4) is 0 Å². The van der Waals surface area contributed by atoms with Crippen LogP contribution in [-0.4, -0.2) is 39.9 Å². The van der Waals surface area contributed by atoms with Gasteiger partial charge in [-0.15, -0.1) is 10.2 Å². The van der Waals surface area contributed by atoms with Crippen LogP contribution in [0.25, 0.3) is 0 Å². The number of anilines is 2. The normalized spacial score (nSPS) is 17.5. The number of aromatic nitrogens is 2. The molecule has 30 heavy (non-hydrogen) atoms. The number of hydrogen-bond acceptors (Lipinski definition) is 8. The van der Waals surface area contributed by atoms with Crippen molar-refractivity contribution in [1.82, 2.24) is 10.2 Å². The minimum Gasteiger partial charge on any atom is -0.358 e. The summed E-state index contributed by atoms with van der Waals surface area (Å²) < 4.78 is 7.27. The van der Waals surface area contributed by atoms with E-state index in [0.717, 1.165) is 20.1 Å². The molecule has 1 fully saturated rings. The molecule has 2 atom stereocenters. The summed E-state index contributed by atoms with van der Waals surface area (Å²) in [5.74, 6) is 0.941. The first-order chi connectivity index (χ1) is 14.5. The number of nitrogens with one attached hydrogen (secondary N) is 2. The van der Waals surface area contributed by atoms with Crippen molar-refractivity contribution in [3.63, 3.8) is 0 Å². The first-order valence-corrected chi connectivity index (χ1v) is 12.4. The number of halogens is 2. The lowest BCUT2D eigenvalue weighted by Gasteiger charge is -2.03. The summed E-state index contributed by atoms with van der Waals surface area (Å²) in [6, 6.07) is 14.5. The van der Waals surface area contributed by atoms with Crippen molar-refractivity contribution >= 4 is 75.3 Å². The maximum atomic E-state index is 12.1. The van der Waals surface area contributed by atoms with Gasteiger partial charge in [-0.3, -0.25) is 4.79 Å². The number of benzene rings is 2. The number of carbonyl (C=O) groups excluding carboxylic acids is 1. The van der Waals surface area contributed by atoms with Crippen LogP contribution in [0.4, 0.5) is 11.4 Å². The average Bonchev–Trinajstić information content (AvgIpc) is 3.31. The molecule has 2 heterocycles. The third-order valence-corrected chi connectivity index (χ3v) is 7.73. The summed E-state index contributed by atoms with van der Waals surface area (Å²) in [5.41, 5.74) is 1.69. The first kappa shape index (κ1) is 21.7. The number of epoxide rings is 1. The van der Waals surface area contributed by atoms with Gasteiger partial charge in [-0.25, -0.2) is 0 Å². The first-order valence-electron chi connectivity index (χ1n) is 8.87. The molecule has 1 aliphatic rings. The molecule has 0 saturated carbocycles. The number of carbonyl (C=O) groups is 1. The van der Waals surface area contributed by atoms with E-state index in [4.69, 9.17) is 27.9 Å². The Morgan fingerprint density at radius 1 is 0.967 bits per heavy atom. The molecule has 3 aromatic rings. The van der Waals surface area contributed by atoms with Gasteiger partial charge in [-0.05, 0) is 48.5 Å². The molecular weight excluding hydrogens is 483 g/mol. The van der Waals surface area contributed by atoms with Crippen LogP contribution < -0.4 is 10.6 Å². The van der Waals surface area contributed by atoms with E-state index in [1.54, 1.807) is 36.0 Å². The summed E-state index contributed by atoms with van der Waals surface area (Å²) in [7, 11) is 0. The summed E-state index contributed by atoms with van der Waals surface area (Å²) in [5, 5.41) is 15.8. The molecule has 1 amide bonds.